The van der Waals surface area contributed by atoms with Gasteiger partial charge in [-0.15, -0.1) is 0 Å². The van der Waals surface area contributed by atoms with E-state index in [-0.39, 0.29) is 5.56 Å². The van der Waals surface area contributed by atoms with Crippen molar-refractivity contribution in [3.05, 3.63) is 64.8 Å². The van der Waals surface area contributed by atoms with E-state index < -0.39 is 17.7 Å². The second-order valence-electron chi connectivity index (χ2n) is 5.30. The van der Waals surface area contributed by atoms with Crippen LogP contribution in [0.25, 0.3) is 10.9 Å². The first-order valence-electron chi connectivity index (χ1n) is 7.19. The van der Waals surface area contributed by atoms with Gasteiger partial charge in [0.15, 0.2) is 5.78 Å². The number of hydrogen-bond donors (Lipinski definition) is 2. The lowest BCUT2D eigenvalue weighted by atomic mass is 9.90. The van der Waals surface area contributed by atoms with Crippen molar-refractivity contribution >= 4 is 34.3 Å². The van der Waals surface area contributed by atoms with E-state index in [9.17, 15) is 14.7 Å². The third-order valence-corrected chi connectivity index (χ3v) is 4.09. The van der Waals surface area contributed by atoms with Gasteiger partial charge in [0.05, 0.1) is 7.11 Å². The molecular formula is C18H14ClNO4. The Kier molecular flexibility index (Phi) is 4.27. The summed E-state index contributed by atoms with van der Waals surface area (Å²) in [7, 11) is 1.49. The normalized spacial score (nSPS) is 12.1. The summed E-state index contributed by atoms with van der Waals surface area (Å²) in [5, 5.41) is 10.8. The summed E-state index contributed by atoms with van der Waals surface area (Å²) in [4.78, 5) is 27.5. The summed E-state index contributed by atoms with van der Waals surface area (Å²) < 4.78 is 5.10. The number of methoxy groups -OCH3 is 1. The van der Waals surface area contributed by atoms with Gasteiger partial charge >= 0.3 is 5.97 Å². The Morgan fingerprint density at radius 3 is 2.71 bits per heavy atom. The number of aromatic nitrogens is 1. The number of aromatic amines is 1. The van der Waals surface area contributed by atoms with Crippen molar-refractivity contribution in [2.45, 2.75) is 5.92 Å². The number of fused-ring (bicyclic) bond motifs is 1. The number of aliphatic carboxylic acids is 1. The lowest BCUT2D eigenvalue weighted by molar-refractivity contribution is -0.137. The lowest BCUT2D eigenvalue weighted by Gasteiger charge is -2.12. The second kappa shape index (κ2) is 6.37. The molecule has 1 heterocycles. The van der Waals surface area contributed by atoms with Crippen molar-refractivity contribution in [2.75, 3.05) is 7.11 Å². The van der Waals surface area contributed by atoms with Crippen LogP contribution in [0.2, 0.25) is 5.02 Å². The predicted octanol–water partition coefficient (Wildman–Crippen LogP) is 3.88. The highest BCUT2D eigenvalue weighted by Gasteiger charge is 2.31. The van der Waals surface area contributed by atoms with E-state index in [1.807, 2.05) is 0 Å². The zero-order valence-electron chi connectivity index (χ0n) is 12.7. The van der Waals surface area contributed by atoms with Gasteiger partial charge in [-0.3, -0.25) is 9.59 Å². The number of Topliss-reactive ketones (excluding diaryl/α,β-unsaturated/α-hetero) is 1. The van der Waals surface area contributed by atoms with Crippen LogP contribution in [0, 0.1) is 0 Å². The van der Waals surface area contributed by atoms with Gasteiger partial charge in [-0.1, -0.05) is 29.8 Å². The number of carbonyl (C=O) groups is 2. The molecule has 1 atom stereocenters. The van der Waals surface area contributed by atoms with Gasteiger partial charge in [-0.05, 0) is 29.8 Å². The Bertz CT molecular complexity index is 932. The van der Waals surface area contributed by atoms with Crippen molar-refractivity contribution < 1.29 is 19.4 Å². The summed E-state index contributed by atoms with van der Waals surface area (Å²) in [6.45, 7) is 0. The molecular weight excluding hydrogens is 330 g/mol. The average Bonchev–Trinajstić information content (AvgIpc) is 2.97. The quantitative estimate of drug-likeness (QED) is 0.544. The van der Waals surface area contributed by atoms with E-state index in [2.05, 4.69) is 4.98 Å². The van der Waals surface area contributed by atoms with Crippen molar-refractivity contribution in [1.29, 1.82) is 0 Å². The fourth-order valence-electron chi connectivity index (χ4n) is 2.69. The highest BCUT2D eigenvalue weighted by molar-refractivity contribution is 6.31. The maximum atomic E-state index is 12.8. The Balaban J connectivity index is 2.09. The lowest BCUT2D eigenvalue weighted by Crippen LogP contribution is -2.21. The fraction of sp³-hybridized carbons (Fsp3) is 0.111. The van der Waals surface area contributed by atoms with E-state index in [0.29, 0.717) is 27.2 Å². The number of halogens is 1. The first-order valence-corrected chi connectivity index (χ1v) is 7.56. The minimum atomic E-state index is -1.31. The number of carboxylic acid groups (broad SMARTS) is 1. The van der Waals surface area contributed by atoms with Crippen LogP contribution in [0.5, 0.6) is 5.75 Å². The van der Waals surface area contributed by atoms with E-state index in [1.165, 1.54) is 19.4 Å². The van der Waals surface area contributed by atoms with Crippen LogP contribution < -0.4 is 4.74 Å². The number of carboxylic acids is 1. The van der Waals surface area contributed by atoms with Gasteiger partial charge in [0.25, 0.3) is 0 Å². The Morgan fingerprint density at radius 2 is 2.00 bits per heavy atom. The molecule has 122 valence electrons. The third kappa shape index (κ3) is 2.86. The SMILES string of the molecule is COc1cccc(C(=O)C(C(=O)O)c2c[nH]c3cc(Cl)ccc23)c1. The summed E-state index contributed by atoms with van der Waals surface area (Å²) in [6.07, 6.45) is 1.54. The van der Waals surface area contributed by atoms with Crippen molar-refractivity contribution in [3.63, 3.8) is 0 Å². The van der Waals surface area contributed by atoms with E-state index in [4.69, 9.17) is 16.3 Å². The molecule has 1 aromatic heterocycles. The predicted molar refractivity (Wildman–Crippen MR) is 91.0 cm³/mol. The first kappa shape index (κ1) is 16.1. The Labute approximate surface area is 142 Å². The number of ether oxygens (including phenoxy) is 1. The number of H-pyrrole nitrogens is 1. The van der Waals surface area contributed by atoms with Crippen LogP contribution in [0.1, 0.15) is 21.8 Å². The molecule has 2 N–H and O–H groups in total. The highest BCUT2D eigenvalue weighted by Crippen LogP contribution is 2.31. The number of ketones is 1. The summed E-state index contributed by atoms with van der Waals surface area (Å²) >= 11 is 5.94. The van der Waals surface area contributed by atoms with Crippen molar-refractivity contribution in [3.8, 4) is 5.75 Å². The van der Waals surface area contributed by atoms with Gasteiger partial charge in [-0.25, -0.2) is 0 Å². The molecule has 2 aromatic carbocycles. The molecule has 0 aliphatic carbocycles. The van der Waals surface area contributed by atoms with E-state index >= 15 is 0 Å². The molecule has 0 aliphatic rings. The number of hydrogen-bond acceptors (Lipinski definition) is 3. The van der Waals surface area contributed by atoms with Crippen LogP contribution in [-0.4, -0.2) is 29.0 Å². The van der Waals surface area contributed by atoms with Crippen LogP contribution >= 0.6 is 11.6 Å². The number of nitrogens with one attached hydrogen (secondary N) is 1. The van der Waals surface area contributed by atoms with Gasteiger partial charge in [0, 0.05) is 27.7 Å². The summed E-state index contributed by atoms with van der Waals surface area (Å²) in [6, 6.07) is 11.5. The largest absolute Gasteiger partial charge is 0.497 e. The molecule has 1 unspecified atom stereocenters. The molecule has 0 spiro atoms. The molecule has 6 heteroatoms. The monoisotopic (exact) mass is 343 g/mol. The van der Waals surface area contributed by atoms with Crippen LogP contribution in [0.4, 0.5) is 0 Å². The number of benzene rings is 2. The fourth-order valence-corrected chi connectivity index (χ4v) is 2.86. The molecule has 0 saturated heterocycles. The third-order valence-electron chi connectivity index (χ3n) is 3.85. The van der Waals surface area contributed by atoms with Crippen LogP contribution in [0.3, 0.4) is 0 Å². The number of carbonyl (C=O) groups excluding carboxylic acids is 1. The Hall–Kier alpha value is -2.79. The number of rotatable bonds is 5. The average molecular weight is 344 g/mol. The topological polar surface area (TPSA) is 79.4 Å². The van der Waals surface area contributed by atoms with Crippen molar-refractivity contribution in [2.24, 2.45) is 0 Å². The standard InChI is InChI=1S/C18H14ClNO4/c1-24-12-4-2-3-10(7-12)17(21)16(18(22)23)14-9-20-15-8-11(19)5-6-13(14)15/h2-9,16,20H,1H3,(H,22,23). The molecule has 0 aliphatic heterocycles. The maximum absolute atomic E-state index is 12.8. The van der Waals surface area contributed by atoms with E-state index in [1.54, 1.807) is 36.4 Å². The maximum Gasteiger partial charge on any atom is 0.319 e. The molecule has 3 rings (SSSR count). The summed E-state index contributed by atoms with van der Waals surface area (Å²) in [5.41, 5.74) is 1.37. The van der Waals surface area contributed by atoms with E-state index in [0.717, 1.165) is 0 Å². The molecule has 0 saturated carbocycles. The molecule has 0 fully saturated rings. The minimum Gasteiger partial charge on any atom is -0.497 e. The highest BCUT2D eigenvalue weighted by atomic mass is 35.5. The zero-order valence-corrected chi connectivity index (χ0v) is 13.5. The molecule has 0 bridgehead atoms. The van der Waals surface area contributed by atoms with Gasteiger partial charge in [0.2, 0.25) is 0 Å². The minimum absolute atomic E-state index is 0.282. The first-order chi connectivity index (χ1) is 11.5. The van der Waals surface area contributed by atoms with Crippen LogP contribution in [0.15, 0.2) is 48.7 Å². The smallest absolute Gasteiger partial charge is 0.319 e. The van der Waals surface area contributed by atoms with Gasteiger partial charge < -0.3 is 14.8 Å². The van der Waals surface area contributed by atoms with Crippen LogP contribution in [-0.2, 0) is 4.79 Å². The molecule has 5 nitrogen and oxygen atoms in total. The zero-order chi connectivity index (χ0) is 17.3. The summed E-state index contributed by atoms with van der Waals surface area (Å²) in [5.74, 6) is -2.53. The molecule has 0 radical (unpaired) electrons. The molecule has 3 aromatic rings. The molecule has 24 heavy (non-hydrogen) atoms. The van der Waals surface area contributed by atoms with Gasteiger partial charge in [0.1, 0.15) is 11.7 Å². The van der Waals surface area contributed by atoms with Crippen molar-refractivity contribution in [1.82, 2.24) is 4.98 Å². The molecule has 0 amide bonds. The second-order valence-corrected chi connectivity index (χ2v) is 5.74. The van der Waals surface area contributed by atoms with Gasteiger partial charge in [-0.2, -0.15) is 0 Å². The Morgan fingerprint density at radius 1 is 1.21 bits per heavy atom.